The van der Waals surface area contributed by atoms with Gasteiger partial charge in [0.15, 0.2) is 0 Å². The predicted octanol–water partition coefficient (Wildman–Crippen LogP) is 2.17. The smallest absolute Gasteiger partial charge is 0.251 e. The summed E-state index contributed by atoms with van der Waals surface area (Å²) >= 11 is 3.28. The minimum atomic E-state index is -0.0827. The van der Waals surface area contributed by atoms with Crippen molar-refractivity contribution < 1.29 is 4.79 Å². The number of carbonyl (C=O) groups is 1. The van der Waals surface area contributed by atoms with E-state index in [1.165, 1.54) is 0 Å². The van der Waals surface area contributed by atoms with Crippen LogP contribution in [0.2, 0.25) is 0 Å². The first-order valence-electron chi connectivity index (χ1n) is 4.36. The summed E-state index contributed by atoms with van der Waals surface area (Å²) in [6, 6.07) is 5.27. The van der Waals surface area contributed by atoms with E-state index in [2.05, 4.69) is 21.2 Å². The van der Waals surface area contributed by atoms with Gasteiger partial charge in [-0.05, 0) is 48.0 Å². The fourth-order valence-corrected chi connectivity index (χ4v) is 1.39. The van der Waals surface area contributed by atoms with Crippen LogP contribution in [-0.2, 0) is 0 Å². The summed E-state index contributed by atoms with van der Waals surface area (Å²) in [7, 11) is 0. The molecule has 0 saturated heterocycles. The molecule has 0 spiro atoms. The zero-order chi connectivity index (χ0) is 10.7. The van der Waals surface area contributed by atoms with Gasteiger partial charge in [0.1, 0.15) is 0 Å². The lowest BCUT2D eigenvalue weighted by atomic mass is 10.2. The Labute approximate surface area is 91.8 Å². The van der Waals surface area contributed by atoms with Crippen molar-refractivity contribution in [2.75, 3.05) is 5.73 Å². The van der Waals surface area contributed by atoms with Crippen LogP contribution in [0.15, 0.2) is 22.7 Å². The first-order chi connectivity index (χ1) is 6.50. The van der Waals surface area contributed by atoms with E-state index >= 15 is 0 Å². The van der Waals surface area contributed by atoms with Crippen LogP contribution in [-0.4, -0.2) is 11.9 Å². The standard InChI is InChI=1S/C10H13BrN2O/c1-6(2)13-10(14)7-3-4-9(12)8(11)5-7/h3-6H,12H2,1-2H3,(H,13,14). The first kappa shape index (κ1) is 11.0. The number of hydrogen-bond acceptors (Lipinski definition) is 2. The van der Waals surface area contributed by atoms with Crippen molar-refractivity contribution >= 4 is 27.5 Å². The highest BCUT2D eigenvalue weighted by Gasteiger charge is 2.07. The number of benzene rings is 1. The summed E-state index contributed by atoms with van der Waals surface area (Å²) in [5.74, 6) is -0.0827. The molecule has 0 aliphatic rings. The molecule has 0 radical (unpaired) electrons. The second-order valence-electron chi connectivity index (χ2n) is 3.36. The van der Waals surface area contributed by atoms with E-state index in [9.17, 15) is 4.79 Å². The van der Waals surface area contributed by atoms with Crippen molar-refractivity contribution in [3.63, 3.8) is 0 Å². The van der Waals surface area contributed by atoms with Gasteiger partial charge >= 0.3 is 0 Å². The molecule has 0 heterocycles. The molecular formula is C10H13BrN2O. The van der Waals surface area contributed by atoms with Crippen LogP contribution in [0.4, 0.5) is 5.69 Å². The number of hydrogen-bond donors (Lipinski definition) is 2. The maximum atomic E-state index is 11.5. The largest absolute Gasteiger partial charge is 0.398 e. The Hall–Kier alpha value is -1.03. The van der Waals surface area contributed by atoms with Crippen LogP contribution < -0.4 is 11.1 Å². The van der Waals surface area contributed by atoms with E-state index < -0.39 is 0 Å². The highest BCUT2D eigenvalue weighted by atomic mass is 79.9. The van der Waals surface area contributed by atoms with Crippen molar-refractivity contribution in [3.8, 4) is 0 Å². The monoisotopic (exact) mass is 256 g/mol. The van der Waals surface area contributed by atoms with E-state index in [4.69, 9.17) is 5.73 Å². The highest BCUT2D eigenvalue weighted by Crippen LogP contribution is 2.20. The summed E-state index contributed by atoms with van der Waals surface area (Å²) < 4.78 is 0.744. The van der Waals surface area contributed by atoms with E-state index in [1.54, 1.807) is 18.2 Å². The van der Waals surface area contributed by atoms with Crippen molar-refractivity contribution in [2.45, 2.75) is 19.9 Å². The van der Waals surface area contributed by atoms with E-state index in [0.29, 0.717) is 11.3 Å². The molecule has 0 aliphatic heterocycles. The third kappa shape index (κ3) is 2.73. The van der Waals surface area contributed by atoms with Crippen LogP contribution in [0, 0.1) is 0 Å². The lowest BCUT2D eigenvalue weighted by molar-refractivity contribution is 0.0943. The molecule has 0 bridgehead atoms. The van der Waals surface area contributed by atoms with Crippen LogP contribution in [0.25, 0.3) is 0 Å². The van der Waals surface area contributed by atoms with Crippen LogP contribution in [0.1, 0.15) is 24.2 Å². The molecular weight excluding hydrogens is 244 g/mol. The molecule has 0 aromatic heterocycles. The van der Waals surface area contributed by atoms with Crippen molar-refractivity contribution in [1.29, 1.82) is 0 Å². The van der Waals surface area contributed by atoms with Crippen LogP contribution in [0.5, 0.6) is 0 Å². The quantitative estimate of drug-likeness (QED) is 0.798. The highest BCUT2D eigenvalue weighted by molar-refractivity contribution is 9.10. The van der Waals surface area contributed by atoms with Gasteiger partial charge in [-0.1, -0.05) is 0 Å². The van der Waals surface area contributed by atoms with Gasteiger partial charge in [-0.15, -0.1) is 0 Å². The van der Waals surface area contributed by atoms with Crippen molar-refractivity contribution in [2.24, 2.45) is 0 Å². The summed E-state index contributed by atoms with van der Waals surface area (Å²) in [5.41, 5.74) is 6.85. The van der Waals surface area contributed by atoms with Crippen molar-refractivity contribution in [3.05, 3.63) is 28.2 Å². The molecule has 3 N–H and O–H groups in total. The van der Waals surface area contributed by atoms with E-state index in [1.807, 2.05) is 13.8 Å². The molecule has 0 saturated carbocycles. The summed E-state index contributed by atoms with van der Waals surface area (Å²) in [4.78, 5) is 11.5. The minimum Gasteiger partial charge on any atom is -0.398 e. The molecule has 1 aromatic rings. The Kier molecular flexibility index (Phi) is 3.52. The zero-order valence-corrected chi connectivity index (χ0v) is 9.76. The van der Waals surface area contributed by atoms with Gasteiger partial charge in [-0.3, -0.25) is 4.79 Å². The van der Waals surface area contributed by atoms with E-state index in [-0.39, 0.29) is 11.9 Å². The van der Waals surface area contributed by atoms with Gasteiger partial charge in [0.2, 0.25) is 0 Å². The lowest BCUT2D eigenvalue weighted by Crippen LogP contribution is -2.30. The zero-order valence-electron chi connectivity index (χ0n) is 8.17. The molecule has 0 aliphatic carbocycles. The number of nitrogen functional groups attached to an aromatic ring is 1. The minimum absolute atomic E-state index is 0.0827. The number of nitrogens with one attached hydrogen (secondary N) is 1. The summed E-state index contributed by atoms with van der Waals surface area (Å²) in [6.07, 6.45) is 0. The van der Waals surface area contributed by atoms with E-state index in [0.717, 1.165) is 4.47 Å². The Bertz CT molecular complexity index is 350. The Morgan fingerprint density at radius 2 is 2.14 bits per heavy atom. The Morgan fingerprint density at radius 3 is 2.64 bits per heavy atom. The maximum absolute atomic E-state index is 11.5. The predicted molar refractivity (Wildman–Crippen MR) is 61.2 cm³/mol. The summed E-state index contributed by atoms with van der Waals surface area (Å²) in [6.45, 7) is 3.84. The lowest BCUT2D eigenvalue weighted by Gasteiger charge is -2.08. The second kappa shape index (κ2) is 4.46. The number of rotatable bonds is 2. The third-order valence-corrected chi connectivity index (χ3v) is 2.37. The fourth-order valence-electron chi connectivity index (χ4n) is 1.01. The van der Waals surface area contributed by atoms with Crippen LogP contribution in [0.3, 0.4) is 0 Å². The second-order valence-corrected chi connectivity index (χ2v) is 4.22. The Balaban J connectivity index is 2.86. The van der Waals surface area contributed by atoms with Crippen molar-refractivity contribution in [1.82, 2.24) is 5.32 Å². The topological polar surface area (TPSA) is 55.1 Å². The first-order valence-corrected chi connectivity index (χ1v) is 5.16. The molecule has 1 aromatic carbocycles. The fraction of sp³-hybridized carbons (Fsp3) is 0.300. The Morgan fingerprint density at radius 1 is 1.50 bits per heavy atom. The maximum Gasteiger partial charge on any atom is 0.251 e. The molecule has 0 unspecified atom stereocenters. The third-order valence-electron chi connectivity index (χ3n) is 1.68. The molecule has 0 fully saturated rings. The SMILES string of the molecule is CC(C)NC(=O)c1ccc(N)c(Br)c1. The number of anilines is 1. The molecule has 1 amide bonds. The van der Waals surface area contributed by atoms with Gasteiger partial charge in [-0.2, -0.15) is 0 Å². The van der Waals surface area contributed by atoms with Gasteiger partial charge in [0, 0.05) is 21.8 Å². The van der Waals surface area contributed by atoms with Gasteiger partial charge in [-0.25, -0.2) is 0 Å². The molecule has 0 atom stereocenters. The molecule has 1 rings (SSSR count). The van der Waals surface area contributed by atoms with Crippen LogP contribution >= 0.6 is 15.9 Å². The summed E-state index contributed by atoms with van der Waals surface area (Å²) in [5, 5.41) is 2.81. The molecule has 14 heavy (non-hydrogen) atoms. The average molecular weight is 257 g/mol. The molecule has 3 nitrogen and oxygen atoms in total. The number of nitrogens with two attached hydrogens (primary N) is 1. The normalized spacial score (nSPS) is 10.3. The average Bonchev–Trinajstić information content (AvgIpc) is 2.08. The van der Waals surface area contributed by atoms with Gasteiger partial charge < -0.3 is 11.1 Å². The molecule has 76 valence electrons. The number of carbonyl (C=O) groups excluding carboxylic acids is 1. The number of halogens is 1. The van der Waals surface area contributed by atoms with Gasteiger partial charge in [0.05, 0.1) is 0 Å². The number of amides is 1. The van der Waals surface area contributed by atoms with Gasteiger partial charge in [0.25, 0.3) is 5.91 Å². The molecule has 4 heteroatoms.